The van der Waals surface area contributed by atoms with Crippen molar-refractivity contribution in [1.29, 1.82) is 0 Å². The Morgan fingerprint density at radius 3 is 2.76 bits per heavy atom. The van der Waals surface area contributed by atoms with Crippen LogP contribution < -0.4 is 5.32 Å². The van der Waals surface area contributed by atoms with Crippen LogP contribution in [0.4, 0.5) is 10.1 Å². The van der Waals surface area contributed by atoms with E-state index >= 15 is 0 Å². The van der Waals surface area contributed by atoms with Crippen molar-refractivity contribution >= 4 is 35.0 Å². The fourth-order valence-corrected chi connectivity index (χ4v) is 3.60. The molecule has 1 N–H and O–H groups in total. The van der Waals surface area contributed by atoms with Crippen molar-refractivity contribution in [2.24, 2.45) is 0 Å². The molecule has 1 aromatic carbocycles. The number of amides is 1. The summed E-state index contributed by atoms with van der Waals surface area (Å²) in [7, 11) is 1.62. The largest absolute Gasteiger partial charge is 0.383 e. The van der Waals surface area contributed by atoms with Gasteiger partial charge < -0.3 is 10.1 Å². The number of carbonyl (C=O) groups is 1. The summed E-state index contributed by atoms with van der Waals surface area (Å²) in [4.78, 5) is 16.6. The zero-order valence-electron chi connectivity index (χ0n) is 15.8. The van der Waals surface area contributed by atoms with Crippen molar-refractivity contribution in [3.8, 4) is 11.4 Å². The van der Waals surface area contributed by atoms with E-state index < -0.39 is 11.1 Å². The van der Waals surface area contributed by atoms with Gasteiger partial charge in [0.25, 0.3) is 0 Å². The average molecular weight is 436 g/mol. The Morgan fingerprint density at radius 2 is 2.07 bits per heavy atom. The minimum absolute atomic E-state index is 0.138. The normalized spacial score (nSPS) is 12.0. The molecule has 0 aliphatic carbocycles. The lowest BCUT2D eigenvalue weighted by molar-refractivity contribution is -0.115. The molecule has 152 valence electrons. The molecule has 0 saturated heterocycles. The summed E-state index contributed by atoms with van der Waals surface area (Å²) in [6, 6.07) is 7.50. The van der Waals surface area contributed by atoms with Crippen molar-refractivity contribution in [3.05, 3.63) is 53.6 Å². The second-order valence-corrected chi connectivity index (χ2v) is 7.78. The Morgan fingerprint density at radius 1 is 1.31 bits per heavy atom. The molecule has 29 heavy (non-hydrogen) atoms. The number of methoxy groups -OCH3 is 1. The molecule has 1 atom stereocenters. The number of carbonyl (C=O) groups excluding carboxylic acids is 1. The smallest absolute Gasteiger partial charge is 0.237 e. The van der Waals surface area contributed by atoms with Crippen LogP contribution in [0.25, 0.3) is 11.4 Å². The number of thioether (sulfide) groups is 1. The molecular formula is C19H19ClFN5O2S. The summed E-state index contributed by atoms with van der Waals surface area (Å²) in [5.41, 5.74) is 1.22. The third-order valence-corrected chi connectivity index (χ3v) is 5.41. The number of hydrogen-bond donors (Lipinski definition) is 1. The number of rotatable bonds is 8. The van der Waals surface area contributed by atoms with E-state index in [1.54, 1.807) is 26.4 Å². The fourth-order valence-electron chi connectivity index (χ4n) is 2.51. The standard InChI is InChI=1S/C19H19ClFN5O2S/c1-12(18(27)23-16-4-3-14(21)11-15(16)20)29-19-25-24-17(26(19)9-10-28-2)13-5-7-22-8-6-13/h3-8,11-12H,9-10H2,1-2H3,(H,23,27). The molecule has 10 heteroatoms. The zero-order valence-corrected chi connectivity index (χ0v) is 17.4. The van der Waals surface area contributed by atoms with Crippen LogP contribution >= 0.6 is 23.4 Å². The number of nitrogens with zero attached hydrogens (tertiary/aromatic N) is 4. The third kappa shape index (κ3) is 5.31. The summed E-state index contributed by atoms with van der Waals surface area (Å²) in [6.45, 7) is 2.75. The van der Waals surface area contributed by atoms with Crippen molar-refractivity contribution < 1.29 is 13.9 Å². The topological polar surface area (TPSA) is 81.9 Å². The Kier molecular flexibility index (Phi) is 7.18. The van der Waals surface area contributed by atoms with E-state index in [1.165, 1.54) is 23.9 Å². The van der Waals surface area contributed by atoms with Gasteiger partial charge in [-0.3, -0.25) is 14.3 Å². The number of hydrogen-bond acceptors (Lipinski definition) is 6. The highest BCUT2D eigenvalue weighted by molar-refractivity contribution is 8.00. The SMILES string of the molecule is COCCn1c(SC(C)C(=O)Nc2ccc(F)cc2Cl)nnc1-c1ccncc1. The number of benzene rings is 1. The quantitative estimate of drug-likeness (QED) is 0.540. The first-order valence-electron chi connectivity index (χ1n) is 8.74. The molecule has 0 fully saturated rings. The fraction of sp³-hybridized carbons (Fsp3) is 0.263. The van der Waals surface area contributed by atoms with Crippen LogP contribution in [0.15, 0.2) is 47.9 Å². The Bertz CT molecular complexity index is 986. The maximum Gasteiger partial charge on any atom is 0.237 e. The molecular weight excluding hydrogens is 417 g/mol. The third-order valence-electron chi connectivity index (χ3n) is 4.01. The summed E-state index contributed by atoms with van der Waals surface area (Å²) < 4.78 is 20.3. The molecule has 0 bridgehead atoms. The molecule has 2 aromatic heterocycles. The van der Waals surface area contributed by atoms with Crippen LogP contribution in [0.1, 0.15) is 6.92 Å². The molecule has 0 aliphatic heterocycles. The van der Waals surface area contributed by atoms with Gasteiger partial charge in [0.2, 0.25) is 5.91 Å². The second-order valence-electron chi connectivity index (χ2n) is 6.06. The van der Waals surface area contributed by atoms with E-state index in [0.29, 0.717) is 29.8 Å². The van der Waals surface area contributed by atoms with E-state index in [9.17, 15) is 9.18 Å². The highest BCUT2D eigenvalue weighted by atomic mass is 35.5. The summed E-state index contributed by atoms with van der Waals surface area (Å²) in [5.74, 6) is -0.0818. The minimum Gasteiger partial charge on any atom is -0.383 e. The Hall–Kier alpha value is -2.49. The lowest BCUT2D eigenvalue weighted by atomic mass is 10.2. The Balaban J connectivity index is 1.77. The first-order valence-corrected chi connectivity index (χ1v) is 10.0. The molecule has 0 saturated carbocycles. The van der Waals surface area contributed by atoms with E-state index in [2.05, 4.69) is 20.5 Å². The van der Waals surface area contributed by atoms with Gasteiger partial charge >= 0.3 is 0 Å². The molecule has 3 aromatic rings. The van der Waals surface area contributed by atoms with Gasteiger partial charge in [0.05, 0.1) is 29.1 Å². The summed E-state index contributed by atoms with van der Waals surface area (Å²) in [6.07, 6.45) is 3.36. The maximum absolute atomic E-state index is 13.2. The summed E-state index contributed by atoms with van der Waals surface area (Å²) in [5, 5.41) is 11.5. The van der Waals surface area contributed by atoms with Crippen LogP contribution in [0.2, 0.25) is 5.02 Å². The van der Waals surface area contributed by atoms with E-state index in [4.69, 9.17) is 16.3 Å². The van der Waals surface area contributed by atoms with E-state index in [1.807, 2.05) is 16.7 Å². The van der Waals surface area contributed by atoms with Crippen LogP contribution in [0.3, 0.4) is 0 Å². The van der Waals surface area contributed by atoms with Gasteiger partial charge in [0.1, 0.15) is 5.82 Å². The van der Waals surface area contributed by atoms with Gasteiger partial charge in [-0.05, 0) is 37.3 Å². The molecule has 0 radical (unpaired) electrons. The molecule has 7 nitrogen and oxygen atoms in total. The van der Waals surface area contributed by atoms with Crippen molar-refractivity contribution in [1.82, 2.24) is 19.7 Å². The maximum atomic E-state index is 13.2. The van der Waals surface area contributed by atoms with Crippen molar-refractivity contribution in [2.75, 3.05) is 19.0 Å². The molecule has 0 aliphatic rings. The number of ether oxygens (including phenoxy) is 1. The van der Waals surface area contributed by atoms with E-state index in [0.717, 1.165) is 11.6 Å². The molecule has 0 spiro atoms. The Labute approximate surface area is 176 Å². The predicted molar refractivity (Wildman–Crippen MR) is 110 cm³/mol. The predicted octanol–water partition coefficient (Wildman–Crippen LogP) is 3.90. The highest BCUT2D eigenvalue weighted by Crippen LogP contribution is 2.28. The summed E-state index contributed by atoms with van der Waals surface area (Å²) >= 11 is 7.25. The first kappa shape index (κ1) is 21.2. The van der Waals surface area contributed by atoms with Gasteiger partial charge in [-0.15, -0.1) is 10.2 Å². The first-order chi connectivity index (χ1) is 14.0. The molecule has 1 amide bonds. The van der Waals surface area contributed by atoms with Crippen LogP contribution in [0.5, 0.6) is 0 Å². The average Bonchev–Trinajstić information content (AvgIpc) is 3.11. The van der Waals surface area contributed by atoms with Crippen molar-refractivity contribution in [2.45, 2.75) is 23.9 Å². The number of pyridine rings is 1. The number of nitrogens with one attached hydrogen (secondary N) is 1. The van der Waals surface area contributed by atoms with Gasteiger partial charge in [0, 0.05) is 25.1 Å². The van der Waals surface area contributed by atoms with Gasteiger partial charge in [0.15, 0.2) is 11.0 Å². The second kappa shape index (κ2) is 9.82. The molecule has 1 unspecified atom stereocenters. The lowest BCUT2D eigenvalue weighted by Crippen LogP contribution is -2.23. The minimum atomic E-state index is -0.494. The van der Waals surface area contributed by atoms with E-state index in [-0.39, 0.29) is 10.9 Å². The molecule has 2 heterocycles. The monoisotopic (exact) mass is 435 g/mol. The highest BCUT2D eigenvalue weighted by Gasteiger charge is 2.21. The van der Waals surface area contributed by atoms with Crippen LogP contribution in [0, 0.1) is 5.82 Å². The van der Waals surface area contributed by atoms with Crippen LogP contribution in [-0.4, -0.2) is 44.6 Å². The number of aromatic nitrogens is 4. The van der Waals surface area contributed by atoms with Gasteiger partial charge in [-0.2, -0.15) is 0 Å². The van der Waals surface area contributed by atoms with Gasteiger partial charge in [-0.1, -0.05) is 23.4 Å². The van der Waals surface area contributed by atoms with Gasteiger partial charge in [-0.25, -0.2) is 4.39 Å². The number of halogens is 2. The molecule has 3 rings (SSSR count). The van der Waals surface area contributed by atoms with Crippen LogP contribution in [-0.2, 0) is 16.1 Å². The lowest BCUT2D eigenvalue weighted by Gasteiger charge is -2.14. The number of anilines is 1. The van der Waals surface area contributed by atoms with Crippen molar-refractivity contribution in [3.63, 3.8) is 0 Å². The zero-order chi connectivity index (χ0) is 20.8.